The van der Waals surface area contributed by atoms with Crippen molar-refractivity contribution in [3.8, 4) is 5.75 Å². The van der Waals surface area contributed by atoms with Crippen LogP contribution in [0, 0.1) is 0 Å². The highest BCUT2D eigenvalue weighted by Gasteiger charge is 2.32. The number of benzene rings is 1. The van der Waals surface area contributed by atoms with Gasteiger partial charge in [0.2, 0.25) is 0 Å². The summed E-state index contributed by atoms with van der Waals surface area (Å²) in [6, 6.07) is 10.0. The van der Waals surface area contributed by atoms with Crippen LogP contribution >= 0.6 is 0 Å². The van der Waals surface area contributed by atoms with Crippen molar-refractivity contribution in [2.75, 3.05) is 70.9 Å². The van der Waals surface area contributed by atoms with E-state index in [9.17, 15) is 0 Å². The fourth-order valence-corrected chi connectivity index (χ4v) is 5.43. The molecule has 1 aromatic carbocycles. The SMILES string of the molecule is CCN1CCC(N2CCC[C@H](N3CCN(c4ccccc4OC)CC3)C2)CC1. The number of anilines is 1. The number of piperazine rings is 1. The van der Waals surface area contributed by atoms with Gasteiger partial charge in [-0.05, 0) is 64.0 Å². The first kappa shape index (κ1) is 20.0. The van der Waals surface area contributed by atoms with Crippen LogP contribution in [-0.2, 0) is 0 Å². The molecule has 0 aromatic heterocycles. The van der Waals surface area contributed by atoms with E-state index >= 15 is 0 Å². The lowest BCUT2D eigenvalue weighted by atomic mass is 9.97. The number of hydrogen-bond acceptors (Lipinski definition) is 5. The van der Waals surface area contributed by atoms with Crippen LogP contribution in [0.15, 0.2) is 24.3 Å². The minimum Gasteiger partial charge on any atom is -0.495 e. The average Bonchev–Trinajstić information content (AvgIpc) is 2.79. The first-order chi connectivity index (χ1) is 13.8. The maximum atomic E-state index is 5.57. The summed E-state index contributed by atoms with van der Waals surface area (Å²) in [4.78, 5) is 10.7. The molecule has 0 saturated carbocycles. The van der Waals surface area contributed by atoms with E-state index in [1.54, 1.807) is 7.11 Å². The van der Waals surface area contributed by atoms with Crippen LogP contribution < -0.4 is 9.64 Å². The zero-order chi connectivity index (χ0) is 19.3. The molecule has 0 radical (unpaired) electrons. The van der Waals surface area contributed by atoms with Crippen molar-refractivity contribution in [3.63, 3.8) is 0 Å². The molecule has 156 valence electrons. The van der Waals surface area contributed by atoms with E-state index in [0.29, 0.717) is 0 Å². The van der Waals surface area contributed by atoms with Gasteiger partial charge in [0, 0.05) is 44.8 Å². The molecule has 3 saturated heterocycles. The van der Waals surface area contributed by atoms with Gasteiger partial charge in [0.05, 0.1) is 12.8 Å². The van der Waals surface area contributed by atoms with E-state index in [0.717, 1.165) is 30.9 Å². The number of ether oxygens (including phenoxy) is 1. The van der Waals surface area contributed by atoms with E-state index in [-0.39, 0.29) is 0 Å². The van der Waals surface area contributed by atoms with Crippen LogP contribution in [0.3, 0.4) is 0 Å². The Bertz CT molecular complexity index is 608. The largest absolute Gasteiger partial charge is 0.495 e. The molecule has 5 heteroatoms. The standard InChI is InChI=1S/C23H38N4O/c1-3-24-13-10-20(11-14-24)27-12-6-7-21(19-27)25-15-17-26(18-16-25)22-8-4-5-9-23(22)28-2/h4-5,8-9,20-21H,3,6-7,10-19H2,1-2H3/t21-/m0/s1. The third kappa shape index (κ3) is 4.47. The molecule has 3 heterocycles. The van der Waals surface area contributed by atoms with Crippen molar-refractivity contribution in [3.05, 3.63) is 24.3 Å². The predicted molar refractivity (Wildman–Crippen MR) is 117 cm³/mol. The highest BCUT2D eigenvalue weighted by Crippen LogP contribution is 2.29. The van der Waals surface area contributed by atoms with Crippen molar-refractivity contribution in [1.29, 1.82) is 0 Å². The topological polar surface area (TPSA) is 22.2 Å². The fraction of sp³-hybridized carbons (Fsp3) is 0.739. The molecule has 3 fully saturated rings. The van der Waals surface area contributed by atoms with Gasteiger partial charge in [0.15, 0.2) is 0 Å². The van der Waals surface area contributed by atoms with Crippen LogP contribution in [0.5, 0.6) is 5.75 Å². The summed E-state index contributed by atoms with van der Waals surface area (Å²) in [5, 5.41) is 0. The van der Waals surface area contributed by atoms with E-state index in [4.69, 9.17) is 4.74 Å². The number of para-hydroxylation sites is 2. The van der Waals surface area contributed by atoms with Crippen LogP contribution in [0.4, 0.5) is 5.69 Å². The number of methoxy groups -OCH3 is 1. The normalized spacial score (nSPS) is 26.5. The van der Waals surface area contributed by atoms with Crippen molar-refractivity contribution in [2.24, 2.45) is 0 Å². The van der Waals surface area contributed by atoms with E-state index < -0.39 is 0 Å². The first-order valence-electron chi connectivity index (χ1n) is 11.4. The molecular formula is C23H38N4O. The van der Waals surface area contributed by atoms with Crippen molar-refractivity contribution < 1.29 is 4.74 Å². The molecule has 3 aliphatic rings. The van der Waals surface area contributed by atoms with E-state index in [1.165, 1.54) is 77.2 Å². The highest BCUT2D eigenvalue weighted by atomic mass is 16.5. The number of rotatable bonds is 5. The molecule has 1 atom stereocenters. The van der Waals surface area contributed by atoms with Gasteiger partial charge in [-0.3, -0.25) is 9.80 Å². The molecule has 1 aromatic rings. The summed E-state index contributed by atoms with van der Waals surface area (Å²) in [7, 11) is 1.77. The number of nitrogens with zero attached hydrogens (tertiary/aromatic N) is 4. The van der Waals surface area contributed by atoms with Crippen LogP contribution in [0.1, 0.15) is 32.6 Å². The Hall–Kier alpha value is -1.30. The van der Waals surface area contributed by atoms with Gasteiger partial charge in [-0.25, -0.2) is 0 Å². The second-order valence-electron chi connectivity index (χ2n) is 8.65. The number of piperidine rings is 2. The first-order valence-corrected chi connectivity index (χ1v) is 11.4. The lowest BCUT2D eigenvalue weighted by molar-refractivity contribution is 0.0426. The van der Waals surface area contributed by atoms with Gasteiger partial charge in [-0.1, -0.05) is 19.1 Å². The molecule has 0 amide bonds. The fourth-order valence-electron chi connectivity index (χ4n) is 5.43. The zero-order valence-electron chi connectivity index (χ0n) is 17.9. The second-order valence-corrected chi connectivity index (χ2v) is 8.65. The Morgan fingerprint density at radius 3 is 2.32 bits per heavy atom. The van der Waals surface area contributed by atoms with Gasteiger partial charge < -0.3 is 14.5 Å². The summed E-state index contributed by atoms with van der Waals surface area (Å²) < 4.78 is 5.57. The molecule has 28 heavy (non-hydrogen) atoms. The Balaban J connectivity index is 1.30. The third-order valence-corrected chi connectivity index (χ3v) is 7.21. The lowest BCUT2D eigenvalue weighted by Gasteiger charge is -2.47. The minimum atomic E-state index is 0.748. The van der Waals surface area contributed by atoms with Gasteiger partial charge in [-0.2, -0.15) is 0 Å². The van der Waals surface area contributed by atoms with Crippen LogP contribution in [0.2, 0.25) is 0 Å². The van der Waals surface area contributed by atoms with Gasteiger partial charge in [-0.15, -0.1) is 0 Å². The molecule has 0 N–H and O–H groups in total. The van der Waals surface area contributed by atoms with Crippen LogP contribution in [0.25, 0.3) is 0 Å². The highest BCUT2D eigenvalue weighted by molar-refractivity contribution is 5.58. The van der Waals surface area contributed by atoms with Crippen molar-refractivity contribution >= 4 is 5.69 Å². The lowest BCUT2D eigenvalue weighted by Crippen LogP contribution is -2.57. The molecule has 0 spiro atoms. The predicted octanol–water partition coefficient (Wildman–Crippen LogP) is 2.77. The number of hydrogen-bond donors (Lipinski definition) is 0. The second kappa shape index (κ2) is 9.47. The Labute approximate surface area is 171 Å². The van der Waals surface area contributed by atoms with Crippen LogP contribution in [-0.4, -0.2) is 92.8 Å². The van der Waals surface area contributed by atoms with E-state index in [1.807, 2.05) is 0 Å². The third-order valence-electron chi connectivity index (χ3n) is 7.21. The zero-order valence-corrected chi connectivity index (χ0v) is 17.9. The Morgan fingerprint density at radius 1 is 0.857 bits per heavy atom. The molecule has 0 bridgehead atoms. The van der Waals surface area contributed by atoms with Gasteiger partial charge in [0.25, 0.3) is 0 Å². The summed E-state index contributed by atoms with van der Waals surface area (Å²) in [6.07, 6.45) is 5.47. The van der Waals surface area contributed by atoms with Gasteiger partial charge in [0.1, 0.15) is 5.75 Å². The molecule has 5 nitrogen and oxygen atoms in total. The molecule has 3 aliphatic heterocycles. The minimum absolute atomic E-state index is 0.748. The van der Waals surface area contributed by atoms with Crippen molar-refractivity contribution in [2.45, 2.75) is 44.7 Å². The summed E-state index contributed by atoms with van der Waals surface area (Å²) >= 11 is 0. The van der Waals surface area contributed by atoms with Gasteiger partial charge >= 0.3 is 0 Å². The monoisotopic (exact) mass is 386 g/mol. The molecular weight excluding hydrogens is 348 g/mol. The maximum absolute atomic E-state index is 5.57. The molecule has 0 aliphatic carbocycles. The average molecular weight is 387 g/mol. The Morgan fingerprint density at radius 2 is 1.61 bits per heavy atom. The summed E-state index contributed by atoms with van der Waals surface area (Å²) in [6.45, 7) is 13.2. The Kier molecular flexibility index (Phi) is 6.76. The molecule has 0 unspecified atom stereocenters. The summed E-state index contributed by atoms with van der Waals surface area (Å²) in [5.41, 5.74) is 1.25. The quantitative estimate of drug-likeness (QED) is 0.774. The summed E-state index contributed by atoms with van der Waals surface area (Å²) in [5.74, 6) is 0.998. The molecule has 4 rings (SSSR count). The number of likely N-dealkylation sites (tertiary alicyclic amines) is 2. The van der Waals surface area contributed by atoms with E-state index in [2.05, 4.69) is 50.8 Å². The maximum Gasteiger partial charge on any atom is 0.142 e. The smallest absolute Gasteiger partial charge is 0.142 e. The van der Waals surface area contributed by atoms with Crippen molar-refractivity contribution in [1.82, 2.24) is 14.7 Å².